The van der Waals surface area contributed by atoms with Crippen molar-refractivity contribution in [1.29, 1.82) is 0 Å². The smallest absolute Gasteiger partial charge is 0.127 e. The van der Waals surface area contributed by atoms with E-state index in [-0.39, 0.29) is 0 Å². The normalized spacial score (nSPS) is 19.5. The van der Waals surface area contributed by atoms with Gasteiger partial charge in [-0.05, 0) is 32.7 Å². The first-order valence-corrected chi connectivity index (χ1v) is 4.40. The van der Waals surface area contributed by atoms with Crippen LogP contribution in [0.2, 0.25) is 0 Å². The molecule has 0 aliphatic heterocycles. The second-order valence-electron chi connectivity index (χ2n) is 3.63. The number of rotatable bonds is 3. The van der Waals surface area contributed by atoms with E-state index in [0.29, 0.717) is 5.41 Å². The predicted molar refractivity (Wildman–Crippen MR) is 45.8 cm³/mol. The lowest BCUT2D eigenvalue weighted by Crippen LogP contribution is -2.13. The van der Waals surface area contributed by atoms with Crippen LogP contribution in [-0.4, -0.2) is 11.7 Å². The number of aryl methyl sites for hydroxylation is 1. The lowest BCUT2D eigenvalue weighted by molar-refractivity contribution is 0.413. The Morgan fingerprint density at radius 3 is 2.83 bits per heavy atom. The maximum absolute atomic E-state index is 5.56. The molecule has 0 radical (unpaired) electrons. The quantitative estimate of drug-likeness (QED) is 0.737. The summed E-state index contributed by atoms with van der Waals surface area (Å²) >= 11 is 0. The third kappa shape index (κ3) is 1.05. The van der Waals surface area contributed by atoms with E-state index >= 15 is 0 Å². The van der Waals surface area contributed by atoms with Gasteiger partial charge in [0.2, 0.25) is 0 Å². The van der Waals surface area contributed by atoms with Gasteiger partial charge in [0, 0.05) is 11.0 Å². The standard InChI is InChI=1S/C9H14N2O/c1-7-8(6-12-11-7)9(2-3-9)4-5-10/h6H,2-5,10H2,1H3. The Morgan fingerprint density at radius 1 is 1.67 bits per heavy atom. The van der Waals surface area contributed by atoms with Gasteiger partial charge < -0.3 is 10.3 Å². The van der Waals surface area contributed by atoms with E-state index in [1.165, 1.54) is 18.4 Å². The first-order valence-electron chi connectivity index (χ1n) is 4.40. The van der Waals surface area contributed by atoms with Gasteiger partial charge in [-0.1, -0.05) is 5.16 Å². The van der Waals surface area contributed by atoms with E-state index in [0.717, 1.165) is 18.7 Å². The largest absolute Gasteiger partial charge is 0.364 e. The molecule has 0 spiro atoms. The topological polar surface area (TPSA) is 52.0 Å². The molecule has 1 heterocycles. The van der Waals surface area contributed by atoms with Crippen molar-refractivity contribution in [3.8, 4) is 0 Å². The van der Waals surface area contributed by atoms with Crippen LogP contribution in [0.25, 0.3) is 0 Å². The molecule has 3 nitrogen and oxygen atoms in total. The fourth-order valence-corrected chi connectivity index (χ4v) is 1.88. The summed E-state index contributed by atoms with van der Waals surface area (Å²) in [6.45, 7) is 2.75. The van der Waals surface area contributed by atoms with Gasteiger partial charge in [0.25, 0.3) is 0 Å². The molecule has 1 aromatic rings. The number of nitrogens with two attached hydrogens (primary N) is 1. The second-order valence-corrected chi connectivity index (χ2v) is 3.63. The van der Waals surface area contributed by atoms with Crippen LogP contribution in [0.4, 0.5) is 0 Å². The van der Waals surface area contributed by atoms with Crippen molar-refractivity contribution in [2.24, 2.45) is 5.73 Å². The lowest BCUT2D eigenvalue weighted by atomic mass is 9.93. The molecule has 0 bridgehead atoms. The third-order valence-corrected chi connectivity index (χ3v) is 2.80. The van der Waals surface area contributed by atoms with Crippen LogP contribution in [-0.2, 0) is 5.41 Å². The molecule has 1 saturated carbocycles. The Labute approximate surface area is 71.9 Å². The van der Waals surface area contributed by atoms with Crippen molar-refractivity contribution in [2.75, 3.05) is 6.54 Å². The molecule has 12 heavy (non-hydrogen) atoms. The summed E-state index contributed by atoms with van der Waals surface area (Å²) in [6, 6.07) is 0. The van der Waals surface area contributed by atoms with Crippen LogP contribution in [0.3, 0.4) is 0 Å². The molecule has 1 fully saturated rings. The molecular weight excluding hydrogens is 152 g/mol. The molecule has 0 atom stereocenters. The van der Waals surface area contributed by atoms with Crippen molar-refractivity contribution < 1.29 is 4.52 Å². The van der Waals surface area contributed by atoms with Gasteiger partial charge in [-0.3, -0.25) is 0 Å². The summed E-state index contributed by atoms with van der Waals surface area (Å²) in [4.78, 5) is 0. The Kier molecular flexibility index (Phi) is 1.68. The highest BCUT2D eigenvalue weighted by Gasteiger charge is 2.45. The van der Waals surface area contributed by atoms with Crippen LogP contribution in [0.15, 0.2) is 10.8 Å². The summed E-state index contributed by atoms with van der Waals surface area (Å²) in [7, 11) is 0. The van der Waals surface area contributed by atoms with E-state index in [1.54, 1.807) is 6.26 Å². The molecular formula is C9H14N2O. The zero-order valence-electron chi connectivity index (χ0n) is 7.34. The molecule has 2 rings (SSSR count). The van der Waals surface area contributed by atoms with Gasteiger partial charge in [-0.15, -0.1) is 0 Å². The summed E-state index contributed by atoms with van der Waals surface area (Å²) in [6.07, 6.45) is 5.32. The maximum atomic E-state index is 5.56. The molecule has 1 aromatic heterocycles. The van der Waals surface area contributed by atoms with Gasteiger partial charge in [0.05, 0.1) is 5.69 Å². The summed E-state index contributed by atoms with van der Waals surface area (Å²) in [5, 5.41) is 3.89. The highest BCUT2D eigenvalue weighted by Crippen LogP contribution is 2.51. The van der Waals surface area contributed by atoms with E-state index < -0.39 is 0 Å². The number of nitrogens with zero attached hydrogens (tertiary/aromatic N) is 1. The summed E-state index contributed by atoms with van der Waals surface area (Å²) < 4.78 is 4.93. The fourth-order valence-electron chi connectivity index (χ4n) is 1.88. The lowest BCUT2D eigenvalue weighted by Gasteiger charge is -2.10. The number of hydrogen-bond acceptors (Lipinski definition) is 3. The summed E-state index contributed by atoms with van der Waals surface area (Å²) in [5.41, 5.74) is 8.19. The monoisotopic (exact) mass is 166 g/mol. The van der Waals surface area contributed by atoms with Crippen molar-refractivity contribution in [1.82, 2.24) is 5.16 Å². The van der Waals surface area contributed by atoms with Crippen LogP contribution in [0.5, 0.6) is 0 Å². The summed E-state index contributed by atoms with van der Waals surface area (Å²) in [5.74, 6) is 0. The Morgan fingerprint density at radius 2 is 2.42 bits per heavy atom. The minimum atomic E-state index is 0.332. The van der Waals surface area contributed by atoms with Crippen molar-refractivity contribution in [3.05, 3.63) is 17.5 Å². The van der Waals surface area contributed by atoms with E-state index in [9.17, 15) is 0 Å². The highest BCUT2D eigenvalue weighted by molar-refractivity contribution is 5.31. The third-order valence-electron chi connectivity index (χ3n) is 2.80. The predicted octanol–water partition coefficient (Wildman–Crippen LogP) is 1.36. The average molecular weight is 166 g/mol. The Bertz CT molecular complexity index is 276. The molecule has 1 aliphatic rings. The molecule has 0 unspecified atom stereocenters. The zero-order chi connectivity index (χ0) is 8.60. The SMILES string of the molecule is Cc1nocc1C1(CCN)CC1. The van der Waals surface area contributed by atoms with Crippen molar-refractivity contribution in [2.45, 2.75) is 31.6 Å². The minimum absolute atomic E-state index is 0.332. The first-order chi connectivity index (χ1) is 5.78. The first kappa shape index (κ1) is 7.80. The second kappa shape index (κ2) is 2.59. The Hall–Kier alpha value is -0.830. The van der Waals surface area contributed by atoms with Gasteiger partial charge in [-0.25, -0.2) is 0 Å². The van der Waals surface area contributed by atoms with Crippen molar-refractivity contribution >= 4 is 0 Å². The highest BCUT2D eigenvalue weighted by atomic mass is 16.5. The van der Waals surface area contributed by atoms with E-state index in [1.807, 2.05) is 6.92 Å². The number of hydrogen-bond donors (Lipinski definition) is 1. The zero-order valence-corrected chi connectivity index (χ0v) is 7.34. The molecule has 2 N–H and O–H groups in total. The fraction of sp³-hybridized carbons (Fsp3) is 0.667. The molecule has 0 amide bonds. The molecule has 0 saturated heterocycles. The van der Waals surface area contributed by atoms with Gasteiger partial charge in [-0.2, -0.15) is 0 Å². The number of aromatic nitrogens is 1. The van der Waals surface area contributed by atoms with Crippen LogP contribution in [0.1, 0.15) is 30.5 Å². The van der Waals surface area contributed by atoms with Gasteiger partial charge >= 0.3 is 0 Å². The Balaban J connectivity index is 2.24. The van der Waals surface area contributed by atoms with E-state index in [4.69, 9.17) is 10.3 Å². The van der Waals surface area contributed by atoms with Crippen LogP contribution < -0.4 is 5.73 Å². The van der Waals surface area contributed by atoms with Crippen LogP contribution in [0, 0.1) is 6.92 Å². The van der Waals surface area contributed by atoms with Gasteiger partial charge in [0.1, 0.15) is 6.26 Å². The molecule has 3 heteroatoms. The molecule has 66 valence electrons. The molecule has 1 aliphatic carbocycles. The average Bonchev–Trinajstić information content (AvgIpc) is 2.68. The van der Waals surface area contributed by atoms with Crippen LogP contribution >= 0.6 is 0 Å². The van der Waals surface area contributed by atoms with Gasteiger partial charge in [0.15, 0.2) is 0 Å². The maximum Gasteiger partial charge on any atom is 0.127 e. The van der Waals surface area contributed by atoms with E-state index in [2.05, 4.69) is 5.16 Å². The minimum Gasteiger partial charge on any atom is -0.364 e. The van der Waals surface area contributed by atoms with Crippen molar-refractivity contribution in [3.63, 3.8) is 0 Å². The molecule has 0 aromatic carbocycles.